The van der Waals surface area contributed by atoms with Crippen LogP contribution >= 0.6 is 0 Å². The molecule has 0 aliphatic heterocycles. The number of hydrogen-bond donors (Lipinski definition) is 1. The number of carboxylic acid groups (broad SMARTS) is 1. The minimum Gasteiger partial charge on any atom is -0.480 e. The molecule has 0 spiro atoms. The van der Waals surface area contributed by atoms with Gasteiger partial charge in [0.2, 0.25) is 0 Å². The summed E-state index contributed by atoms with van der Waals surface area (Å²) in [5, 5.41) is 9.01. The highest BCUT2D eigenvalue weighted by Gasteiger charge is 2.24. The summed E-state index contributed by atoms with van der Waals surface area (Å²) in [6.45, 7) is 3.51. The van der Waals surface area contributed by atoms with Crippen LogP contribution in [0.4, 0.5) is 10.2 Å². The summed E-state index contributed by atoms with van der Waals surface area (Å²) in [5.74, 6) is -1.51. The average Bonchev–Trinajstić information content (AvgIpc) is 2.29. The number of likely N-dealkylation sites (N-methyl/N-ethyl adjacent to an activating group) is 1. The summed E-state index contributed by atoms with van der Waals surface area (Å²) in [4.78, 5) is 20.0. The fraction of sp³-hybridized carbons (Fsp3) is 0.545. The molecule has 17 heavy (non-hydrogen) atoms. The van der Waals surface area contributed by atoms with Gasteiger partial charge < -0.3 is 10.0 Å². The third kappa shape index (κ3) is 2.69. The van der Waals surface area contributed by atoms with E-state index in [9.17, 15) is 9.18 Å². The Hall–Kier alpha value is -1.72. The number of carboxylic acids is 1. The number of aryl methyl sites for hydroxylation is 1. The quantitative estimate of drug-likeness (QED) is 0.845. The van der Waals surface area contributed by atoms with Crippen molar-refractivity contribution >= 4 is 11.8 Å². The lowest BCUT2D eigenvalue weighted by Crippen LogP contribution is -2.39. The van der Waals surface area contributed by atoms with Gasteiger partial charge in [-0.15, -0.1) is 0 Å². The van der Waals surface area contributed by atoms with Crippen LogP contribution < -0.4 is 4.90 Å². The topological polar surface area (TPSA) is 66.3 Å². The van der Waals surface area contributed by atoms with Crippen LogP contribution in [0.3, 0.4) is 0 Å². The number of carbonyl (C=O) groups is 1. The van der Waals surface area contributed by atoms with E-state index >= 15 is 0 Å². The van der Waals surface area contributed by atoms with Crippen LogP contribution in [-0.4, -0.2) is 34.1 Å². The number of hydrogen-bond acceptors (Lipinski definition) is 4. The van der Waals surface area contributed by atoms with Gasteiger partial charge in [0, 0.05) is 7.05 Å². The van der Waals surface area contributed by atoms with Gasteiger partial charge in [0.15, 0.2) is 11.6 Å². The summed E-state index contributed by atoms with van der Waals surface area (Å²) < 4.78 is 13.9. The number of aromatic nitrogens is 2. The summed E-state index contributed by atoms with van der Waals surface area (Å²) in [5.41, 5.74) is 0.294. The molecule has 0 fully saturated rings. The van der Waals surface area contributed by atoms with E-state index in [0.29, 0.717) is 18.5 Å². The Balaban J connectivity index is 3.11. The van der Waals surface area contributed by atoms with Gasteiger partial charge in [-0.3, -0.25) is 0 Å². The molecular formula is C11H16FN3O2. The van der Waals surface area contributed by atoms with Crippen molar-refractivity contribution in [3.8, 4) is 0 Å². The summed E-state index contributed by atoms with van der Waals surface area (Å²) in [6.07, 6.45) is 2.07. The monoisotopic (exact) mass is 241 g/mol. The molecule has 6 heteroatoms. The lowest BCUT2D eigenvalue weighted by Gasteiger charge is -2.25. The molecule has 0 aliphatic carbocycles. The molecule has 0 aromatic carbocycles. The average molecular weight is 241 g/mol. The molecule has 5 nitrogen and oxygen atoms in total. The number of nitrogens with zero attached hydrogens (tertiary/aromatic N) is 3. The van der Waals surface area contributed by atoms with Gasteiger partial charge in [0.1, 0.15) is 12.4 Å². The minimum atomic E-state index is -0.994. The van der Waals surface area contributed by atoms with Crippen LogP contribution in [0, 0.1) is 5.82 Å². The lowest BCUT2D eigenvalue weighted by atomic mass is 10.2. The van der Waals surface area contributed by atoms with Crippen molar-refractivity contribution in [3.63, 3.8) is 0 Å². The molecule has 0 amide bonds. The van der Waals surface area contributed by atoms with Crippen molar-refractivity contribution in [2.75, 3.05) is 11.9 Å². The first-order valence-electron chi connectivity index (χ1n) is 5.47. The van der Waals surface area contributed by atoms with E-state index in [1.54, 1.807) is 13.8 Å². The third-order valence-electron chi connectivity index (χ3n) is 2.65. The Labute approximate surface area is 99.3 Å². The largest absolute Gasteiger partial charge is 0.480 e. The molecule has 1 rings (SSSR count). The van der Waals surface area contributed by atoms with Crippen molar-refractivity contribution in [2.45, 2.75) is 32.7 Å². The van der Waals surface area contributed by atoms with Crippen LogP contribution in [0.2, 0.25) is 0 Å². The second-order valence-corrected chi connectivity index (χ2v) is 3.68. The first-order chi connectivity index (χ1) is 8.02. The second-order valence-electron chi connectivity index (χ2n) is 3.68. The molecule has 1 heterocycles. The van der Waals surface area contributed by atoms with Gasteiger partial charge in [-0.1, -0.05) is 13.8 Å². The number of anilines is 1. The maximum absolute atomic E-state index is 13.9. The smallest absolute Gasteiger partial charge is 0.326 e. The molecule has 1 aromatic heterocycles. The zero-order valence-electron chi connectivity index (χ0n) is 10.1. The molecule has 1 atom stereocenters. The molecule has 1 N–H and O–H groups in total. The van der Waals surface area contributed by atoms with Crippen LogP contribution in [-0.2, 0) is 11.2 Å². The molecule has 0 saturated carbocycles. The minimum absolute atomic E-state index is 0.0334. The number of rotatable bonds is 5. The van der Waals surface area contributed by atoms with Crippen LogP contribution in [0.15, 0.2) is 6.33 Å². The molecule has 0 bridgehead atoms. The van der Waals surface area contributed by atoms with Gasteiger partial charge in [-0.2, -0.15) is 0 Å². The zero-order valence-corrected chi connectivity index (χ0v) is 10.1. The van der Waals surface area contributed by atoms with Gasteiger partial charge in [0.05, 0.1) is 5.69 Å². The van der Waals surface area contributed by atoms with Crippen molar-refractivity contribution in [1.29, 1.82) is 0 Å². The predicted octanol–water partition coefficient (Wildman–Crippen LogP) is 1.48. The molecule has 0 saturated heterocycles. The maximum Gasteiger partial charge on any atom is 0.326 e. The highest BCUT2D eigenvalue weighted by molar-refractivity contribution is 5.77. The summed E-state index contributed by atoms with van der Waals surface area (Å²) in [7, 11) is 1.52. The molecule has 1 unspecified atom stereocenters. The standard InChI is InChI=1S/C11H16FN3O2/c1-4-7-9(12)10(14-6-13-7)15(3)8(5-2)11(16)17/h6,8H,4-5H2,1-3H3,(H,16,17). The Kier molecular flexibility index (Phi) is 4.37. The first kappa shape index (κ1) is 13.3. The molecule has 0 radical (unpaired) electrons. The second kappa shape index (κ2) is 5.56. The van der Waals surface area contributed by atoms with E-state index < -0.39 is 17.8 Å². The van der Waals surface area contributed by atoms with Crippen molar-refractivity contribution < 1.29 is 14.3 Å². The first-order valence-corrected chi connectivity index (χ1v) is 5.47. The predicted molar refractivity (Wildman–Crippen MR) is 61.5 cm³/mol. The van der Waals surface area contributed by atoms with Crippen molar-refractivity contribution in [1.82, 2.24) is 9.97 Å². The maximum atomic E-state index is 13.9. The van der Waals surface area contributed by atoms with Gasteiger partial charge in [-0.05, 0) is 12.8 Å². The SMILES string of the molecule is CCc1ncnc(N(C)C(CC)C(=O)O)c1F. The zero-order chi connectivity index (χ0) is 13.0. The van der Waals surface area contributed by atoms with E-state index in [1.165, 1.54) is 18.3 Å². The Bertz CT molecular complexity index is 412. The Morgan fingerprint density at radius 3 is 2.65 bits per heavy atom. The molecule has 0 aliphatic rings. The highest BCUT2D eigenvalue weighted by atomic mass is 19.1. The normalized spacial score (nSPS) is 12.2. The lowest BCUT2D eigenvalue weighted by molar-refractivity contribution is -0.138. The van der Waals surface area contributed by atoms with E-state index in [2.05, 4.69) is 9.97 Å². The van der Waals surface area contributed by atoms with Gasteiger partial charge in [0.25, 0.3) is 0 Å². The molecular weight excluding hydrogens is 225 g/mol. The fourth-order valence-corrected chi connectivity index (χ4v) is 1.65. The van der Waals surface area contributed by atoms with Crippen molar-refractivity contribution in [2.24, 2.45) is 0 Å². The van der Waals surface area contributed by atoms with Crippen LogP contribution in [0.25, 0.3) is 0 Å². The van der Waals surface area contributed by atoms with E-state index in [4.69, 9.17) is 5.11 Å². The van der Waals surface area contributed by atoms with E-state index in [0.717, 1.165) is 0 Å². The van der Waals surface area contributed by atoms with Gasteiger partial charge >= 0.3 is 5.97 Å². The Morgan fingerprint density at radius 2 is 2.18 bits per heavy atom. The van der Waals surface area contributed by atoms with Gasteiger partial charge in [-0.25, -0.2) is 19.2 Å². The third-order valence-corrected chi connectivity index (χ3v) is 2.65. The fourth-order valence-electron chi connectivity index (χ4n) is 1.65. The summed E-state index contributed by atoms with van der Waals surface area (Å²) in [6, 6.07) is -0.788. The highest BCUT2D eigenvalue weighted by Crippen LogP contribution is 2.20. The van der Waals surface area contributed by atoms with Crippen LogP contribution in [0.5, 0.6) is 0 Å². The Morgan fingerprint density at radius 1 is 1.53 bits per heavy atom. The summed E-state index contributed by atoms with van der Waals surface area (Å²) >= 11 is 0. The molecule has 94 valence electrons. The molecule has 1 aromatic rings. The van der Waals surface area contributed by atoms with Crippen molar-refractivity contribution in [3.05, 3.63) is 17.8 Å². The number of halogens is 1. The van der Waals surface area contributed by atoms with E-state index in [-0.39, 0.29) is 5.82 Å². The number of aliphatic carboxylic acids is 1. The van der Waals surface area contributed by atoms with E-state index in [1.807, 2.05) is 0 Å². The van der Waals surface area contributed by atoms with Crippen LogP contribution in [0.1, 0.15) is 26.0 Å².